The fourth-order valence-corrected chi connectivity index (χ4v) is 8.52. The van der Waals surface area contributed by atoms with E-state index in [9.17, 15) is 19.2 Å². The van der Waals surface area contributed by atoms with Crippen LogP contribution in [0.4, 0.5) is 0 Å². The van der Waals surface area contributed by atoms with Crippen LogP contribution in [0.25, 0.3) is 9.88 Å². The second-order valence-electron chi connectivity index (χ2n) is 13.4. The van der Waals surface area contributed by atoms with E-state index in [0.717, 1.165) is 27.1 Å². The first-order valence-corrected chi connectivity index (χ1v) is 20.3. The number of benzene rings is 4. The zero-order chi connectivity index (χ0) is 40.3. The summed E-state index contributed by atoms with van der Waals surface area (Å²) in [7, 11) is 1.25. The van der Waals surface area contributed by atoms with Gasteiger partial charge in [-0.2, -0.15) is 0 Å². The van der Waals surface area contributed by atoms with Gasteiger partial charge in [0.2, 0.25) is 11.8 Å². The number of esters is 1. The summed E-state index contributed by atoms with van der Waals surface area (Å²) in [5.41, 5.74) is 3.67. The lowest BCUT2D eigenvalue weighted by Crippen LogP contribution is -2.54. The van der Waals surface area contributed by atoms with Crippen molar-refractivity contribution >= 4 is 46.4 Å². The Morgan fingerprint density at radius 3 is 1.90 bits per heavy atom. The fraction of sp³-hybridized carbons (Fsp3) is 0.156. The van der Waals surface area contributed by atoms with E-state index in [4.69, 9.17) is 9.72 Å². The minimum atomic E-state index is -1.14. The number of imidazole rings is 1. The normalized spacial score (nSPS) is 12.2. The van der Waals surface area contributed by atoms with Crippen LogP contribution in [0.1, 0.15) is 38.4 Å². The van der Waals surface area contributed by atoms with E-state index in [-0.39, 0.29) is 18.5 Å². The molecule has 7 aromatic rings. The minimum Gasteiger partial charge on any atom is -0.467 e. The number of nitrogens with zero attached hydrogens (tertiary/aromatic N) is 3. The van der Waals surface area contributed by atoms with Crippen LogP contribution in [0.15, 0.2) is 157 Å². The number of rotatable bonds is 16. The van der Waals surface area contributed by atoms with E-state index in [1.54, 1.807) is 11.7 Å². The monoisotopic (exact) mass is 808 g/mol. The third-order valence-electron chi connectivity index (χ3n) is 9.63. The summed E-state index contributed by atoms with van der Waals surface area (Å²) in [6.45, 7) is -0.396. The molecule has 0 spiro atoms. The van der Waals surface area contributed by atoms with Gasteiger partial charge in [0.15, 0.2) is 0 Å². The summed E-state index contributed by atoms with van der Waals surface area (Å²) < 4.78 is 7.18. The number of thiophene rings is 1. The Balaban J connectivity index is 1.11. The van der Waals surface area contributed by atoms with E-state index >= 15 is 0 Å². The highest BCUT2D eigenvalue weighted by Gasteiger charge is 2.39. The molecule has 58 heavy (non-hydrogen) atoms. The summed E-state index contributed by atoms with van der Waals surface area (Å²) in [5.74, 6) is -2.39. The predicted octanol–water partition coefficient (Wildman–Crippen LogP) is 6.27. The Morgan fingerprint density at radius 2 is 1.33 bits per heavy atom. The van der Waals surface area contributed by atoms with Crippen LogP contribution in [-0.2, 0) is 37.5 Å². The van der Waals surface area contributed by atoms with Crippen molar-refractivity contribution in [2.24, 2.45) is 0 Å². The molecule has 0 radical (unpaired) electrons. The predicted molar refractivity (Wildman–Crippen MR) is 224 cm³/mol. The fourth-order valence-electron chi connectivity index (χ4n) is 6.90. The van der Waals surface area contributed by atoms with Gasteiger partial charge >= 0.3 is 5.97 Å². The first kappa shape index (κ1) is 39.5. The molecule has 2 atom stereocenters. The van der Waals surface area contributed by atoms with Gasteiger partial charge < -0.3 is 25.3 Å². The standard InChI is InChI=1S/C45H40N6O5S2/c1-56-44(55)37(26-35-28-51(30-47-35)45(32-17-8-3-9-18-32,33-19-10-4-11-20-33)34-21-12-5-13-22-34)49-42(54)36(25-31-15-6-2-7-16-31)48-40(52)27-46-41(53)38-29-58-43(50-38)39-23-14-24-57-39/h2-24,28-30,36-37H,25-27H2,1H3,(H,46,53)(H,48,52)(H,49,54)/t36-,37-/m0/s1. The largest absolute Gasteiger partial charge is 0.467 e. The van der Waals surface area contributed by atoms with Crippen molar-refractivity contribution < 1.29 is 23.9 Å². The lowest BCUT2D eigenvalue weighted by atomic mass is 9.77. The van der Waals surface area contributed by atoms with Crippen LogP contribution in [-0.4, -0.2) is 64.0 Å². The summed E-state index contributed by atoms with van der Waals surface area (Å²) in [5, 5.41) is 12.4. The number of carbonyl (C=O) groups is 4. The average molecular weight is 809 g/mol. The third-order valence-corrected chi connectivity index (χ3v) is 11.5. The zero-order valence-electron chi connectivity index (χ0n) is 31.5. The Kier molecular flexibility index (Phi) is 12.6. The number of hydrogen-bond donors (Lipinski definition) is 3. The number of amides is 3. The summed E-state index contributed by atoms with van der Waals surface area (Å²) in [4.78, 5) is 63.6. The molecule has 292 valence electrons. The van der Waals surface area contributed by atoms with Gasteiger partial charge in [-0.15, -0.1) is 22.7 Å². The Bertz CT molecular complexity index is 2340. The van der Waals surface area contributed by atoms with Crippen molar-refractivity contribution in [2.45, 2.75) is 30.5 Å². The van der Waals surface area contributed by atoms with E-state index < -0.39 is 47.9 Å². The van der Waals surface area contributed by atoms with Crippen molar-refractivity contribution in [1.82, 2.24) is 30.5 Å². The molecule has 11 nitrogen and oxygen atoms in total. The second kappa shape index (κ2) is 18.5. The number of aromatic nitrogens is 3. The summed E-state index contributed by atoms with van der Waals surface area (Å²) in [6.07, 6.45) is 3.74. The molecule has 0 aliphatic carbocycles. The first-order chi connectivity index (χ1) is 28.3. The van der Waals surface area contributed by atoms with Crippen LogP contribution >= 0.6 is 22.7 Å². The van der Waals surface area contributed by atoms with Gasteiger partial charge in [0.25, 0.3) is 5.91 Å². The highest BCUT2D eigenvalue weighted by atomic mass is 32.1. The molecule has 0 fully saturated rings. The van der Waals surface area contributed by atoms with Gasteiger partial charge in [-0.3, -0.25) is 14.4 Å². The van der Waals surface area contributed by atoms with Crippen molar-refractivity contribution in [3.63, 3.8) is 0 Å². The van der Waals surface area contributed by atoms with Crippen LogP contribution in [0.2, 0.25) is 0 Å². The first-order valence-electron chi connectivity index (χ1n) is 18.5. The SMILES string of the molecule is COC(=O)[C@H](Cc1cn(C(c2ccccc2)(c2ccccc2)c2ccccc2)cn1)NC(=O)[C@H](Cc1ccccc1)NC(=O)CNC(=O)c1csc(-c2cccs2)n1. The number of hydrogen-bond acceptors (Lipinski definition) is 9. The van der Waals surface area contributed by atoms with Gasteiger partial charge in [-0.25, -0.2) is 14.8 Å². The van der Waals surface area contributed by atoms with Crippen LogP contribution in [0, 0.1) is 0 Å². The lowest BCUT2D eigenvalue weighted by molar-refractivity contribution is -0.145. The molecule has 7 rings (SSSR count). The molecule has 13 heteroatoms. The maximum Gasteiger partial charge on any atom is 0.328 e. The van der Waals surface area contributed by atoms with Crippen molar-refractivity contribution in [2.75, 3.05) is 13.7 Å². The maximum absolute atomic E-state index is 14.0. The molecule has 0 aliphatic rings. The molecule has 3 N–H and O–H groups in total. The molecule has 0 bridgehead atoms. The number of ether oxygens (including phenoxy) is 1. The Labute approximate surface area is 343 Å². The topological polar surface area (TPSA) is 144 Å². The molecule has 3 aromatic heterocycles. The Hall–Kier alpha value is -6.70. The van der Waals surface area contributed by atoms with Gasteiger partial charge in [0, 0.05) is 24.4 Å². The second-order valence-corrected chi connectivity index (χ2v) is 15.2. The van der Waals surface area contributed by atoms with Crippen molar-refractivity contribution in [3.8, 4) is 9.88 Å². The average Bonchev–Trinajstić information content (AvgIpc) is 4.08. The minimum absolute atomic E-state index is 0.00300. The number of nitrogens with one attached hydrogen (secondary N) is 3. The molecule has 0 saturated carbocycles. The maximum atomic E-state index is 14.0. The van der Waals surface area contributed by atoms with Gasteiger partial charge in [-0.05, 0) is 33.7 Å². The summed E-state index contributed by atoms with van der Waals surface area (Å²) in [6, 6.07) is 41.1. The van der Waals surface area contributed by atoms with E-state index in [2.05, 4.69) is 57.3 Å². The van der Waals surface area contributed by atoms with Crippen molar-refractivity contribution in [1.29, 1.82) is 0 Å². The number of carbonyl (C=O) groups excluding carboxylic acids is 4. The van der Waals surface area contributed by atoms with E-state index in [1.807, 2.05) is 113 Å². The van der Waals surface area contributed by atoms with Crippen LogP contribution in [0.3, 0.4) is 0 Å². The van der Waals surface area contributed by atoms with Gasteiger partial charge in [0.05, 0.1) is 30.6 Å². The third kappa shape index (κ3) is 8.96. The zero-order valence-corrected chi connectivity index (χ0v) is 33.1. The smallest absolute Gasteiger partial charge is 0.328 e. The molecule has 0 unspecified atom stereocenters. The molecule has 0 aliphatic heterocycles. The van der Waals surface area contributed by atoms with Gasteiger partial charge in [-0.1, -0.05) is 127 Å². The van der Waals surface area contributed by atoms with Gasteiger partial charge in [0.1, 0.15) is 28.3 Å². The molecule has 3 heterocycles. The highest BCUT2D eigenvalue weighted by molar-refractivity contribution is 7.20. The molecule has 0 saturated heterocycles. The van der Waals surface area contributed by atoms with Crippen molar-refractivity contribution in [3.05, 3.63) is 190 Å². The highest BCUT2D eigenvalue weighted by Crippen LogP contribution is 2.41. The Morgan fingerprint density at radius 1 is 0.724 bits per heavy atom. The molecule has 4 aromatic carbocycles. The molecular weight excluding hydrogens is 769 g/mol. The van der Waals surface area contributed by atoms with Crippen LogP contribution in [0.5, 0.6) is 0 Å². The van der Waals surface area contributed by atoms with Crippen LogP contribution < -0.4 is 16.0 Å². The molecule has 3 amide bonds. The summed E-state index contributed by atoms with van der Waals surface area (Å²) >= 11 is 2.85. The number of methoxy groups -OCH3 is 1. The van der Waals surface area contributed by atoms with E-state index in [0.29, 0.717) is 10.7 Å². The quantitative estimate of drug-likeness (QED) is 0.0772. The van der Waals surface area contributed by atoms with E-state index in [1.165, 1.54) is 29.8 Å². The lowest BCUT2D eigenvalue weighted by Gasteiger charge is -2.37. The molecular formula is C45H40N6O5S2. The number of thiazole rings is 1.